The summed E-state index contributed by atoms with van der Waals surface area (Å²) in [5.41, 5.74) is 0.912. The number of nitrogens with one attached hydrogen (secondary N) is 1. The number of nitrogens with zero attached hydrogens (tertiary/aromatic N) is 2. The molecule has 0 saturated heterocycles. The van der Waals surface area contributed by atoms with E-state index < -0.39 is 0 Å². The lowest BCUT2D eigenvalue weighted by atomic mass is 9.49. The van der Waals surface area contributed by atoms with Crippen LogP contribution in [0.15, 0.2) is 6.07 Å². The van der Waals surface area contributed by atoms with Gasteiger partial charge < -0.3 is 10.2 Å². The zero-order chi connectivity index (χ0) is 13.6. The third-order valence-corrected chi connectivity index (χ3v) is 5.58. The molecule has 104 valence electrons. The van der Waals surface area contributed by atoms with Crippen LogP contribution >= 0.6 is 11.5 Å². The molecule has 0 aliphatic heterocycles. The van der Waals surface area contributed by atoms with Crippen molar-refractivity contribution in [3.05, 3.63) is 16.6 Å². The van der Waals surface area contributed by atoms with Crippen molar-refractivity contribution in [2.24, 2.45) is 5.41 Å². The highest BCUT2D eigenvalue weighted by molar-refractivity contribution is 7.05. The molecule has 1 heterocycles. The molecule has 1 aromatic heterocycles. The minimum absolute atomic E-state index is 0.00201. The van der Waals surface area contributed by atoms with E-state index >= 15 is 0 Å². The first-order valence-electron chi connectivity index (χ1n) is 6.93. The molecule has 2 saturated carbocycles. The second-order valence-corrected chi connectivity index (χ2v) is 7.16. The Morgan fingerprint density at radius 3 is 2.74 bits per heavy atom. The second kappa shape index (κ2) is 4.56. The maximum atomic E-state index is 12.2. The molecule has 1 amide bonds. The Balaban J connectivity index is 1.67. The van der Waals surface area contributed by atoms with Crippen LogP contribution in [0.25, 0.3) is 0 Å². The molecule has 19 heavy (non-hydrogen) atoms. The third-order valence-electron chi connectivity index (χ3n) is 4.89. The largest absolute Gasteiger partial charge is 0.347 e. The Morgan fingerprint density at radius 1 is 1.53 bits per heavy atom. The van der Waals surface area contributed by atoms with Crippen molar-refractivity contribution >= 4 is 17.4 Å². The fraction of sp³-hybridized carbons (Fsp3) is 0.714. The van der Waals surface area contributed by atoms with E-state index in [1.165, 1.54) is 30.8 Å². The molecule has 2 unspecified atom stereocenters. The number of amides is 1. The van der Waals surface area contributed by atoms with Crippen LogP contribution in [0.5, 0.6) is 0 Å². The van der Waals surface area contributed by atoms with Gasteiger partial charge in [-0.25, -0.2) is 0 Å². The summed E-state index contributed by atoms with van der Waals surface area (Å²) in [4.78, 5) is 15.6. The van der Waals surface area contributed by atoms with E-state index in [-0.39, 0.29) is 5.91 Å². The van der Waals surface area contributed by atoms with E-state index in [2.05, 4.69) is 28.7 Å². The average Bonchev–Trinajstić information content (AvgIpc) is 2.67. The van der Waals surface area contributed by atoms with Crippen LogP contribution in [0, 0.1) is 12.3 Å². The molecule has 1 aromatic rings. The zero-order valence-electron chi connectivity index (χ0n) is 11.8. The first-order valence-corrected chi connectivity index (χ1v) is 7.71. The van der Waals surface area contributed by atoms with Crippen LogP contribution in [-0.4, -0.2) is 41.4 Å². The fourth-order valence-corrected chi connectivity index (χ4v) is 4.21. The normalized spacial score (nSPS) is 28.0. The van der Waals surface area contributed by atoms with Gasteiger partial charge in [-0.15, -0.1) is 0 Å². The number of aryl methyl sites for hydroxylation is 1. The highest BCUT2D eigenvalue weighted by atomic mass is 32.1. The van der Waals surface area contributed by atoms with Gasteiger partial charge in [-0.3, -0.25) is 4.79 Å². The molecule has 0 radical (unpaired) electrons. The van der Waals surface area contributed by atoms with Gasteiger partial charge in [-0.1, -0.05) is 6.42 Å². The highest BCUT2D eigenvalue weighted by Gasteiger charge is 2.59. The van der Waals surface area contributed by atoms with Gasteiger partial charge in [0.2, 0.25) is 0 Å². The predicted molar refractivity (Wildman–Crippen MR) is 76.5 cm³/mol. The molecule has 2 atom stereocenters. The number of carbonyl (C=O) groups excluding carboxylic acids is 1. The summed E-state index contributed by atoms with van der Waals surface area (Å²) >= 11 is 1.39. The summed E-state index contributed by atoms with van der Waals surface area (Å²) in [6.07, 6.45) is 4.86. The van der Waals surface area contributed by atoms with E-state index in [1.54, 1.807) is 0 Å². The maximum absolute atomic E-state index is 12.2. The topological polar surface area (TPSA) is 45.2 Å². The van der Waals surface area contributed by atoms with Crippen LogP contribution in [0.2, 0.25) is 0 Å². The van der Waals surface area contributed by atoms with Crippen molar-refractivity contribution in [2.75, 3.05) is 14.1 Å². The fourth-order valence-electron chi connectivity index (χ4n) is 3.66. The molecule has 1 N–H and O–H groups in total. The smallest absolute Gasteiger partial charge is 0.271 e. The Labute approximate surface area is 118 Å². The minimum atomic E-state index is -0.00201. The Morgan fingerprint density at radius 2 is 2.26 bits per heavy atom. The van der Waals surface area contributed by atoms with Crippen LogP contribution in [0.1, 0.15) is 41.0 Å². The summed E-state index contributed by atoms with van der Waals surface area (Å²) in [7, 11) is 4.29. The predicted octanol–water partition coefficient (Wildman–Crippen LogP) is 2.05. The monoisotopic (exact) mass is 279 g/mol. The molecule has 1 spiro atoms. The molecule has 5 heteroatoms. The van der Waals surface area contributed by atoms with Crippen molar-refractivity contribution in [3.63, 3.8) is 0 Å². The lowest BCUT2D eigenvalue weighted by Crippen LogP contribution is -2.70. The number of hydrogen-bond donors (Lipinski definition) is 1. The molecule has 4 nitrogen and oxygen atoms in total. The van der Waals surface area contributed by atoms with Gasteiger partial charge in [-0.2, -0.15) is 4.37 Å². The second-order valence-electron chi connectivity index (χ2n) is 6.15. The Hall–Kier alpha value is -0.940. The molecule has 2 aliphatic rings. The molecule has 0 bridgehead atoms. The summed E-state index contributed by atoms with van der Waals surface area (Å²) < 4.78 is 4.19. The van der Waals surface area contributed by atoms with Crippen LogP contribution < -0.4 is 5.32 Å². The van der Waals surface area contributed by atoms with Crippen molar-refractivity contribution in [3.8, 4) is 0 Å². The van der Waals surface area contributed by atoms with Gasteiger partial charge in [0.15, 0.2) is 0 Å². The van der Waals surface area contributed by atoms with Crippen molar-refractivity contribution in [1.29, 1.82) is 0 Å². The SMILES string of the molecule is Cc1cc(C(=O)NC2CC(N(C)C)C23CCC3)ns1. The van der Waals surface area contributed by atoms with Gasteiger partial charge in [0.1, 0.15) is 5.69 Å². The maximum Gasteiger partial charge on any atom is 0.271 e. The van der Waals surface area contributed by atoms with E-state index in [1.807, 2.05) is 13.0 Å². The Bertz CT molecular complexity index is 493. The minimum Gasteiger partial charge on any atom is -0.347 e. The van der Waals surface area contributed by atoms with Gasteiger partial charge in [0.25, 0.3) is 5.91 Å². The summed E-state index contributed by atoms with van der Waals surface area (Å²) in [6, 6.07) is 2.84. The van der Waals surface area contributed by atoms with Crippen molar-refractivity contribution in [2.45, 2.75) is 44.7 Å². The van der Waals surface area contributed by atoms with Gasteiger partial charge >= 0.3 is 0 Å². The molecule has 3 rings (SSSR count). The molecular weight excluding hydrogens is 258 g/mol. The number of carbonyl (C=O) groups is 1. The standard InChI is InChI=1S/C14H21N3OS/c1-9-7-10(16-19-9)13(18)15-11-8-12(17(2)3)14(11)5-4-6-14/h7,11-12H,4-6,8H2,1-3H3,(H,15,18). The number of rotatable bonds is 3. The molecular formula is C14H21N3OS. The molecule has 0 aromatic carbocycles. The summed E-state index contributed by atoms with van der Waals surface area (Å²) in [5.74, 6) is -0.00201. The van der Waals surface area contributed by atoms with E-state index in [0.717, 1.165) is 11.3 Å². The lowest BCUT2D eigenvalue weighted by molar-refractivity contribution is -0.0963. The average molecular weight is 279 g/mol. The quantitative estimate of drug-likeness (QED) is 0.921. The van der Waals surface area contributed by atoms with Crippen molar-refractivity contribution < 1.29 is 4.79 Å². The molecule has 2 fully saturated rings. The van der Waals surface area contributed by atoms with E-state index in [9.17, 15) is 4.79 Å². The zero-order valence-corrected chi connectivity index (χ0v) is 12.6. The van der Waals surface area contributed by atoms with Crippen LogP contribution in [-0.2, 0) is 0 Å². The Kier molecular flexibility index (Phi) is 3.14. The third kappa shape index (κ3) is 1.99. The summed E-state index contributed by atoms with van der Waals surface area (Å²) in [5, 5.41) is 3.20. The van der Waals surface area contributed by atoms with Gasteiger partial charge in [-0.05, 0) is 57.9 Å². The van der Waals surface area contributed by atoms with E-state index in [4.69, 9.17) is 0 Å². The van der Waals surface area contributed by atoms with Crippen LogP contribution in [0.3, 0.4) is 0 Å². The lowest BCUT2D eigenvalue weighted by Gasteiger charge is -2.63. The number of aromatic nitrogens is 1. The number of hydrogen-bond acceptors (Lipinski definition) is 4. The first-order chi connectivity index (χ1) is 9.03. The van der Waals surface area contributed by atoms with E-state index in [0.29, 0.717) is 23.2 Å². The van der Waals surface area contributed by atoms with Crippen LogP contribution in [0.4, 0.5) is 0 Å². The highest BCUT2D eigenvalue weighted by Crippen LogP contribution is 2.57. The van der Waals surface area contributed by atoms with Crippen molar-refractivity contribution in [1.82, 2.24) is 14.6 Å². The van der Waals surface area contributed by atoms with Gasteiger partial charge in [0, 0.05) is 22.4 Å². The molecule has 2 aliphatic carbocycles. The van der Waals surface area contributed by atoms with Gasteiger partial charge in [0.05, 0.1) is 0 Å². The first kappa shape index (κ1) is 13.1. The summed E-state index contributed by atoms with van der Waals surface area (Å²) in [6.45, 7) is 1.98.